The number of aromatic hydroxyl groups is 3. The summed E-state index contributed by atoms with van der Waals surface area (Å²) in [7, 11) is 0. The van der Waals surface area contributed by atoms with Crippen LogP contribution in [-0.2, 0) is 4.79 Å². The van der Waals surface area contributed by atoms with Crippen LogP contribution in [0.2, 0.25) is 0 Å². The van der Waals surface area contributed by atoms with E-state index in [0.29, 0.717) is 11.1 Å². The number of ether oxygens (including phenoxy) is 1. The highest BCUT2D eigenvalue weighted by Gasteiger charge is 2.33. The first-order valence-electron chi connectivity index (χ1n) is 9.54. The minimum Gasteiger partial charge on any atom is -0.507 e. The zero-order valence-electron chi connectivity index (χ0n) is 16.0. The molecule has 3 N–H and O–H groups in total. The highest BCUT2D eigenvalue weighted by atomic mass is 16.5. The number of carbonyl (C=O) groups excluding carboxylic acids is 1. The summed E-state index contributed by atoms with van der Waals surface area (Å²) in [6.45, 7) is 0. The van der Waals surface area contributed by atoms with Gasteiger partial charge < -0.3 is 24.5 Å². The van der Waals surface area contributed by atoms with Gasteiger partial charge in [-0.05, 0) is 23.8 Å². The van der Waals surface area contributed by atoms with Crippen molar-refractivity contribution in [3.05, 3.63) is 82.0 Å². The Bertz CT molecular complexity index is 1400. The van der Waals surface area contributed by atoms with Crippen molar-refractivity contribution in [1.82, 2.24) is 0 Å². The van der Waals surface area contributed by atoms with E-state index in [2.05, 4.69) is 0 Å². The first-order valence-corrected chi connectivity index (χ1v) is 9.54. The number of benzene rings is 3. The van der Waals surface area contributed by atoms with E-state index in [4.69, 9.17) is 9.15 Å². The molecule has 0 saturated heterocycles. The van der Waals surface area contributed by atoms with E-state index >= 15 is 0 Å². The molecule has 7 nitrogen and oxygen atoms in total. The Morgan fingerprint density at radius 2 is 1.61 bits per heavy atom. The SMILES string of the molecule is O=C1C[C@H](c2ccccc2)c2c(cc(O)c3c(=O)cc(-c4ccc(O)c(O)c4)oc23)O1. The standard InChI is InChI=1S/C24H16O7/c25-15-7-6-13(8-16(15)26)19-10-17(27)23-18(28)11-20-22(24(23)31-19)14(9-21(29)30-20)12-4-2-1-3-5-12/h1-8,10-11,14,25-26,28H,9H2/t14-/m1/s1. The molecule has 2 heterocycles. The second kappa shape index (κ2) is 6.91. The summed E-state index contributed by atoms with van der Waals surface area (Å²) in [4.78, 5) is 25.1. The van der Waals surface area contributed by atoms with Gasteiger partial charge in [-0.1, -0.05) is 30.3 Å². The summed E-state index contributed by atoms with van der Waals surface area (Å²) >= 11 is 0. The molecule has 154 valence electrons. The van der Waals surface area contributed by atoms with Crippen molar-refractivity contribution in [3.8, 4) is 34.3 Å². The molecule has 0 bridgehead atoms. The average molecular weight is 416 g/mol. The number of fused-ring (bicyclic) bond motifs is 3. The molecule has 0 saturated carbocycles. The van der Waals surface area contributed by atoms with Gasteiger partial charge in [0.1, 0.15) is 28.2 Å². The largest absolute Gasteiger partial charge is 0.507 e. The fourth-order valence-corrected chi connectivity index (χ4v) is 3.95. The van der Waals surface area contributed by atoms with Crippen molar-refractivity contribution in [1.29, 1.82) is 0 Å². The van der Waals surface area contributed by atoms with Crippen LogP contribution in [0, 0.1) is 0 Å². The van der Waals surface area contributed by atoms with Gasteiger partial charge in [0, 0.05) is 29.2 Å². The lowest BCUT2D eigenvalue weighted by molar-refractivity contribution is -0.135. The zero-order valence-corrected chi connectivity index (χ0v) is 16.0. The Labute approximate surface area is 175 Å². The molecule has 1 atom stereocenters. The van der Waals surface area contributed by atoms with Crippen molar-refractivity contribution >= 4 is 16.9 Å². The van der Waals surface area contributed by atoms with Crippen molar-refractivity contribution in [2.24, 2.45) is 0 Å². The maximum atomic E-state index is 12.9. The molecule has 7 heteroatoms. The van der Waals surface area contributed by atoms with E-state index in [1.54, 1.807) is 0 Å². The van der Waals surface area contributed by atoms with Crippen molar-refractivity contribution < 1.29 is 29.3 Å². The van der Waals surface area contributed by atoms with Crippen molar-refractivity contribution in [3.63, 3.8) is 0 Å². The van der Waals surface area contributed by atoms with Crippen LogP contribution in [0.3, 0.4) is 0 Å². The number of phenols is 3. The molecule has 3 aromatic carbocycles. The van der Waals surface area contributed by atoms with Crippen LogP contribution in [-0.4, -0.2) is 21.3 Å². The minimum atomic E-state index is -0.493. The van der Waals surface area contributed by atoms with Gasteiger partial charge in [-0.15, -0.1) is 0 Å². The summed E-state index contributed by atoms with van der Waals surface area (Å²) in [5.41, 5.74) is 1.29. The summed E-state index contributed by atoms with van der Waals surface area (Å²) in [6.07, 6.45) is 0.0465. The van der Waals surface area contributed by atoms with E-state index in [1.807, 2.05) is 30.3 Å². The van der Waals surface area contributed by atoms with Crippen LogP contribution in [0.15, 0.2) is 69.9 Å². The molecule has 1 aliphatic heterocycles. The second-order valence-corrected chi connectivity index (χ2v) is 7.33. The van der Waals surface area contributed by atoms with Crippen LogP contribution >= 0.6 is 0 Å². The predicted octanol–water partition coefficient (Wildman–Crippen LogP) is 4.02. The molecule has 0 unspecified atom stereocenters. The van der Waals surface area contributed by atoms with Gasteiger partial charge >= 0.3 is 5.97 Å². The maximum Gasteiger partial charge on any atom is 0.312 e. The normalized spacial score (nSPS) is 15.5. The van der Waals surface area contributed by atoms with E-state index in [1.165, 1.54) is 30.3 Å². The first-order chi connectivity index (χ1) is 14.9. The lowest BCUT2D eigenvalue weighted by Crippen LogP contribution is -2.22. The molecule has 0 aliphatic carbocycles. The van der Waals surface area contributed by atoms with E-state index < -0.39 is 17.3 Å². The fourth-order valence-electron chi connectivity index (χ4n) is 3.95. The third kappa shape index (κ3) is 3.07. The Balaban J connectivity index is 1.83. The molecule has 0 spiro atoms. The van der Waals surface area contributed by atoms with Crippen molar-refractivity contribution in [2.75, 3.05) is 0 Å². The van der Waals surface area contributed by atoms with Gasteiger partial charge in [-0.2, -0.15) is 0 Å². The molecule has 0 fully saturated rings. The number of hydrogen-bond acceptors (Lipinski definition) is 7. The molecule has 4 aromatic rings. The summed E-state index contributed by atoms with van der Waals surface area (Å²) in [6, 6.07) is 15.8. The number of phenolic OH excluding ortho intramolecular Hbond substituents is 3. The highest BCUT2D eigenvalue weighted by molar-refractivity contribution is 5.93. The quantitative estimate of drug-likeness (QED) is 0.257. The minimum absolute atomic E-state index is 0.0237. The average Bonchev–Trinajstić information content (AvgIpc) is 2.75. The molecule has 1 aliphatic rings. The van der Waals surface area contributed by atoms with Crippen LogP contribution in [0.4, 0.5) is 0 Å². The van der Waals surface area contributed by atoms with E-state index in [9.17, 15) is 24.9 Å². The summed E-state index contributed by atoms with van der Waals surface area (Å²) < 4.78 is 11.4. The maximum absolute atomic E-state index is 12.9. The summed E-state index contributed by atoms with van der Waals surface area (Å²) in [5, 5.41) is 29.9. The zero-order chi connectivity index (χ0) is 21.7. The summed E-state index contributed by atoms with van der Waals surface area (Å²) in [5.74, 6) is -1.67. The third-order valence-corrected chi connectivity index (χ3v) is 5.39. The van der Waals surface area contributed by atoms with Gasteiger partial charge in [-0.25, -0.2) is 0 Å². The van der Waals surface area contributed by atoms with E-state index in [-0.39, 0.29) is 46.1 Å². The number of rotatable bonds is 2. The number of hydrogen-bond donors (Lipinski definition) is 3. The Morgan fingerprint density at radius 1 is 0.839 bits per heavy atom. The van der Waals surface area contributed by atoms with Crippen LogP contribution < -0.4 is 10.2 Å². The first kappa shape index (κ1) is 18.7. The molecule has 0 radical (unpaired) electrons. The highest BCUT2D eigenvalue weighted by Crippen LogP contribution is 2.46. The lowest BCUT2D eigenvalue weighted by atomic mass is 9.85. The van der Waals surface area contributed by atoms with E-state index in [0.717, 1.165) is 5.56 Å². The lowest BCUT2D eigenvalue weighted by Gasteiger charge is -2.26. The Kier molecular flexibility index (Phi) is 4.18. The molecule has 5 rings (SSSR count). The monoisotopic (exact) mass is 416 g/mol. The van der Waals surface area contributed by atoms with Gasteiger partial charge in [0.25, 0.3) is 0 Å². The van der Waals surface area contributed by atoms with Crippen LogP contribution in [0.25, 0.3) is 22.3 Å². The smallest absolute Gasteiger partial charge is 0.312 e. The van der Waals surface area contributed by atoms with Gasteiger partial charge in [0.05, 0.1) is 6.42 Å². The number of esters is 1. The van der Waals surface area contributed by atoms with Crippen LogP contribution in [0.5, 0.6) is 23.0 Å². The Hall–Kier alpha value is -4.26. The molecule has 1 aromatic heterocycles. The molecular weight excluding hydrogens is 400 g/mol. The van der Waals surface area contributed by atoms with Gasteiger partial charge in [0.15, 0.2) is 16.9 Å². The topological polar surface area (TPSA) is 117 Å². The van der Waals surface area contributed by atoms with Gasteiger partial charge in [0.2, 0.25) is 0 Å². The fraction of sp³-hybridized carbons (Fsp3) is 0.0833. The molecular formula is C24H16O7. The second-order valence-electron chi connectivity index (χ2n) is 7.33. The Morgan fingerprint density at radius 3 is 2.35 bits per heavy atom. The van der Waals surface area contributed by atoms with Crippen LogP contribution in [0.1, 0.15) is 23.5 Å². The van der Waals surface area contributed by atoms with Crippen molar-refractivity contribution in [2.45, 2.75) is 12.3 Å². The number of carbonyl (C=O) groups is 1. The van der Waals surface area contributed by atoms with Gasteiger partial charge in [-0.3, -0.25) is 9.59 Å². The predicted molar refractivity (Wildman–Crippen MR) is 111 cm³/mol. The third-order valence-electron chi connectivity index (χ3n) is 5.39. The molecule has 0 amide bonds. The molecule has 31 heavy (non-hydrogen) atoms.